The van der Waals surface area contributed by atoms with Crippen molar-refractivity contribution in [3.63, 3.8) is 0 Å². The molecule has 0 aliphatic heterocycles. The Labute approximate surface area is 178 Å². The summed E-state index contributed by atoms with van der Waals surface area (Å²) >= 11 is 0. The molecule has 1 aromatic carbocycles. The lowest BCUT2D eigenvalue weighted by Gasteiger charge is -2.29. The van der Waals surface area contributed by atoms with Crippen LogP contribution >= 0.6 is 0 Å². The summed E-state index contributed by atoms with van der Waals surface area (Å²) in [6.07, 6.45) is 4.66. The molecule has 2 heterocycles. The standard InChI is InChI=1S/C23H20FN5O2/c1-15-20(13-27-29(15)18-5-2-16(24)3-6-18)22(31)28-17-4-7-21(26-12-17)23(14-25)10-8-19(30)9-11-23/h2-7,12-13H,8-11H2,1H3,(H,28,31). The fourth-order valence-corrected chi connectivity index (χ4v) is 3.81. The highest BCUT2D eigenvalue weighted by Gasteiger charge is 2.37. The molecule has 1 saturated carbocycles. The second kappa shape index (κ2) is 8.11. The Morgan fingerprint density at radius 3 is 2.48 bits per heavy atom. The van der Waals surface area contributed by atoms with Gasteiger partial charge in [-0.25, -0.2) is 9.07 Å². The molecule has 1 aliphatic carbocycles. The zero-order valence-corrected chi connectivity index (χ0v) is 16.9. The number of nitriles is 1. The molecule has 4 rings (SSSR count). The van der Waals surface area contributed by atoms with Crippen LogP contribution in [0.25, 0.3) is 5.69 Å². The van der Waals surface area contributed by atoms with E-state index >= 15 is 0 Å². The van der Waals surface area contributed by atoms with Crippen molar-refractivity contribution in [1.82, 2.24) is 14.8 Å². The van der Waals surface area contributed by atoms with E-state index in [1.165, 1.54) is 24.5 Å². The first kappa shape index (κ1) is 20.4. The van der Waals surface area contributed by atoms with Gasteiger partial charge in [0.25, 0.3) is 5.91 Å². The second-order valence-electron chi connectivity index (χ2n) is 7.65. The van der Waals surface area contributed by atoms with Crippen molar-refractivity contribution >= 4 is 17.4 Å². The lowest BCUT2D eigenvalue weighted by molar-refractivity contribution is -0.121. The molecule has 0 bridgehead atoms. The number of aromatic nitrogens is 3. The third kappa shape index (κ3) is 3.94. The first-order valence-corrected chi connectivity index (χ1v) is 9.93. The molecule has 0 atom stereocenters. The lowest BCUT2D eigenvalue weighted by atomic mass is 9.72. The molecule has 1 amide bonds. The number of hydrogen-bond donors (Lipinski definition) is 1. The van der Waals surface area contributed by atoms with Gasteiger partial charge >= 0.3 is 0 Å². The van der Waals surface area contributed by atoms with Gasteiger partial charge in [-0.1, -0.05) is 0 Å². The van der Waals surface area contributed by atoms with Crippen molar-refractivity contribution in [1.29, 1.82) is 5.26 Å². The Morgan fingerprint density at radius 2 is 1.87 bits per heavy atom. The summed E-state index contributed by atoms with van der Waals surface area (Å²) in [5.41, 5.74) is 1.99. The number of benzene rings is 1. The number of nitrogens with zero attached hydrogens (tertiary/aromatic N) is 4. The van der Waals surface area contributed by atoms with Gasteiger partial charge in [-0.3, -0.25) is 14.6 Å². The predicted molar refractivity (Wildman–Crippen MR) is 111 cm³/mol. The van der Waals surface area contributed by atoms with Crippen LogP contribution in [0.3, 0.4) is 0 Å². The maximum absolute atomic E-state index is 13.2. The highest BCUT2D eigenvalue weighted by atomic mass is 19.1. The number of hydrogen-bond acceptors (Lipinski definition) is 5. The van der Waals surface area contributed by atoms with E-state index in [1.807, 2.05) is 0 Å². The summed E-state index contributed by atoms with van der Waals surface area (Å²) in [5.74, 6) is -0.523. The number of carbonyl (C=O) groups is 2. The van der Waals surface area contributed by atoms with Gasteiger partial charge in [0, 0.05) is 12.8 Å². The van der Waals surface area contributed by atoms with E-state index in [-0.39, 0.29) is 17.5 Å². The minimum Gasteiger partial charge on any atom is -0.320 e. The zero-order valence-electron chi connectivity index (χ0n) is 16.9. The van der Waals surface area contributed by atoms with E-state index in [0.29, 0.717) is 54.0 Å². The number of nitrogens with one attached hydrogen (secondary N) is 1. The van der Waals surface area contributed by atoms with Crippen molar-refractivity contribution in [2.45, 2.75) is 38.0 Å². The highest BCUT2D eigenvalue weighted by molar-refractivity contribution is 6.04. The van der Waals surface area contributed by atoms with Gasteiger partial charge in [-0.2, -0.15) is 10.4 Å². The second-order valence-corrected chi connectivity index (χ2v) is 7.65. The Balaban J connectivity index is 1.50. The molecule has 7 nitrogen and oxygen atoms in total. The SMILES string of the molecule is Cc1c(C(=O)Nc2ccc(C3(C#N)CCC(=O)CC3)nc2)cnn1-c1ccc(F)cc1. The van der Waals surface area contributed by atoms with Crippen molar-refractivity contribution in [3.05, 3.63) is 71.6 Å². The van der Waals surface area contributed by atoms with Gasteiger partial charge < -0.3 is 5.32 Å². The molecule has 0 radical (unpaired) electrons. The summed E-state index contributed by atoms with van der Waals surface area (Å²) in [6, 6.07) is 11.6. The van der Waals surface area contributed by atoms with Gasteiger partial charge in [0.15, 0.2) is 0 Å². The monoisotopic (exact) mass is 417 g/mol. The minimum absolute atomic E-state index is 0.173. The third-order valence-electron chi connectivity index (χ3n) is 5.71. The molecule has 1 fully saturated rings. The number of anilines is 1. The normalized spacial score (nSPS) is 15.3. The number of halogens is 1. The number of ketones is 1. The van der Waals surface area contributed by atoms with Gasteiger partial charge in [-0.05, 0) is 56.2 Å². The number of rotatable bonds is 4. The highest BCUT2D eigenvalue weighted by Crippen LogP contribution is 2.37. The van der Waals surface area contributed by atoms with Crippen molar-refractivity contribution in [2.24, 2.45) is 0 Å². The van der Waals surface area contributed by atoms with E-state index in [9.17, 15) is 19.2 Å². The summed E-state index contributed by atoms with van der Waals surface area (Å²) in [5, 5.41) is 16.7. The Morgan fingerprint density at radius 1 is 1.16 bits per heavy atom. The van der Waals surface area contributed by atoms with Crippen molar-refractivity contribution < 1.29 is 14.0 Å². The molecule has 0 spiro atoms. The van der Waals surface area contributed by atoms with Crippen molar-refractivity contribution in [3.8, 4) is 11.8 Å². The van der Waals surface area contributed by atoms with Crippen LogP contribution in [0, 0.1) is 24.1 Å². The van der Waals surface area contributed by atoms with Crippen LogP contribution in [-0.2, 0) is 10.2 Å². The fourth-order valence-electron chi connectivity index (χ4n) is 3.81. The van der Waals surface area contributed by atoms with Gasteiger partial charge in [0.1, 0.15) is 17.0 Å². The molecule has 0 unspecified atom stereocenters. The van der Waals surface area contributed by atoms with Crippen LogP contribution in [0.1, 0.15) is 47.4 Å². The first-order chi connectivity index (χ1) is 14.9. The maximum atomic E-state index is 13.2. The maximum Gasteiger partial charge on any atom is 0.259 e. The van der Waals surface area contributed by atoms with E-state index < -0.39 is 5.41 Å². The van der Waals surface area contributed by atoms with Gasteiger partial charge in [-0.15, -0.1) is 0 Å². The summed E-state index contributed by atoms with van der Waals surface area (Å²) in [7, 11) is 0. The molecule has 1 N–H and O–H groups in total. The van der Waals surface area contributed by atoms with Crippen LogP contribution < -0.4 is 5.32 Å². The van der Waals surface area contributed by atoms with Crippen LogP contribution in [0.2, 0.25) is 0 Å². The van der Waals surface area contributed by atoms with Crippen LogP contribution in [-0.4, -0.2) is 26.5 Å². The number of pyridine rings is 1. The molecule has 2 aromatic heterocycles. The molecule has 3 aromatic rings. The summed E-state index contributed by atoms with van der Waals surface area (Å²) in [4.78, 5) is 28.7. The van der Waals surface area contributed by atoms with E-state index in [2.05, 4.69) is 21.5 Å². The average Bonchev–Trinajstić information content (AvgIpc) is 3.17. The molecular weight excluding hydrogens is 397 g/mol. The van der Waals surface area contributed by atoms with E-state index in [0.717, 1.165) is 0 Å². The summed E-state index contributed by atoms with van der Waals surface area (Å²) in [6.45, 7) is 1.76. The zero-order chi connectivity index (χ0) is 22.0. The smallest absolute Gasteiger partial charge is 0.259 e. The largest absolute Gasteiger partial charge is 0.320 e. The lowest BCUT2D eigenvalue weighted by Crippen LogP contribution is -2.31. The molecule has 31 heavy (non-hydrogen) atoms. The molecule has 156 valence electrons. The number of Topliss-reactive ketones (excluding diaryl/α,β-unsaturated/α-hetero) is 1. The van der Waals surface area contributed by atoms with Crippen LogP contribution in [0.4, 0.5) is 10.1 Å². The van der Waals surface area contributed by atoms with Crippen molar-refractivity contribution in [2.75, 3.05) is 5.32 Å². The summed E-state index contributed by atoms with van der Waals surface area (Å²) < 4.78 is 14.7. The molecular formula is C23H20FN5O2. The molecule has 0 saturated heterocycles. The number of amides is 1. The van der Waals surface area contributed by atoms with E-state index in [4.69, 9.17) is 0 Å². The van der Waals surface area contributed by atoms with Crippen LogP contribution in [0.15, 0.2) is 48.8 Å². The Hall–Kier alpha value is -3.86. The minimum atomic E-state index is -0.761. The number of carbonyl (C=O) groups excluding carboxylic acids is 2. The van der Waals surface area contributed by atoms with Crippen LogP contribution in [0.5, 0.6) is 0 Å². The quantitative estimate of drug-likeness (QED) is 0.694. The molecule has 1 aliphatic rings. The first-order valence-electron chi connectivity index (χ1n) is 9.93. The fraction of sp³-hybridized carbons (Fsp3) is 0.261. The van der Waals surface area contributed by atoms with E-state index in [1.54, 1.807) is 35.9 Å². The topological polar surface area (TPSA) is 101 Å². The average molecular weight is 417 g/mol. The van der Waals surface area contributed by atoms with Gasteiger partial charge in [0.05, 0.1) is 46.8 Å². The third-order valence-corrected chi connectivity index (χ3v) is 5.71. The molecule has 8 heteroatoms. The predicted octanol–water partition coefficient (Wildman–Crippen LogP) is 3.87. The Bertz CT molecular complexity index is 1170. The Kier molecular flexibility index (Phi) is 5.34. The van der Waals surface area contributed by atoms with Gasteiger partial charge in [0.2, 0.25) is 0 Å².